The minimum absolute atomic E-state index is 0.273. The van der Waals surface area contributed by atoms with Crippen LogP contribution in [0.25, 0.3) is 0 Å². The van der Waals surface area contributed by atoms with Gasteiger partial charge < -0.3 is 10.6 Å². The van der Waals surface area contributed by atoms with Crippen LogP contribution >= 0.6 is 0 Å². The first-order valence-corrected chi connectivity index (χ1v) is 6.26. The minimum Gasteiger partial charge on any atom is -0.351 e. The van der Waals surface area contributed by atoms with Gasteiger partial charge in [-0.3, -0.25) is 0 Å². The Hall–Kier alpha value is -0.730. The Morgan fingerprint density at radius 3 is 2.07 bits per heavy atom. The lowest BCUT2D eigenvalue weighted by atomic mass is 10.1. The standard InChI is InChI=1S/C12H26N2O/c1-3-5-6-7-8-9-11-14(10-4-2)12(13)15/h3-11H2,1-2H3,(H2,13,15). The minimum atomic E-state index is -0.273. The second-order valence-corrected chi connectivity index (χ2v) is 4.09. The SMILES string of the molecule is CCCCCCCCN(CCC)C(N)=O. The molecule has 0 aromatic carbocycles. The molecular formula is C12H26N2O. The van der Waals surface area contributed by atoms with Crippen molar-refractivity contribution in [1.82, 2.24) is 4.90 Å². The highest BCUT2D eigenvalue weighted by molar-refractivity contribution is 5.71. The molecule has 0 saturated heterocycles. The van der Waals surface area contributed by atoms with E-state index in [0.717, 1.165) is 25.9 Å². The van der Waals surface area contributed by atoms with E-state index in [9.17, 15) is 4.79 Å². The summed E-state index contributed by atoms with van der Waals surface area (Å²) in [6.07, 6.45) is 8.50. The molecule has 0 atom stereocenters. The van der Waals surface area contributed by atoms with E-state index in [0.29, 0.717) is 0 Å². The summed E-state index contributed by atoms with van der Waals surface area (Å²) in [5, 5.41) is 0. The molecule has 0 aromatic rings. The molecule has 0 aliphatic carbocycles. The third-order valence-corrected chi connectivity index (χ3v) is 2.59. The molecule has 0 fully saturated rings. The van der Waals surface area contributed by atoms with Crippen LogP contribution in [0.15, 0.2) is 0 Å². The highest BCUT2D eigenvalue weighted by Gasteiger charge is 2.06. The first-order chi connectivity index (χ1) is 7.22. The summed E-state index contributed by atoms with van der Waals surface area (Å²) in [6.45, 7) is 5.91. The number of unbranched alkanes of at least 4 members (excludes halogenated alkanes) is 5. The number of nitrogens with zero attached hydrogens (tertiary/aromatic N) is 1. The molecule has 15 heavy (non-hydrogen) atoms. The van der Waals surface area contributed by atoms with E-state index in [1.807, 2.05) is 0 Å². The molecule has 0 radical (unpaired) electrons. The highest BCUT2D eigenvalue weighted by Crippen LogP contribution is 2.06. The Labute approximate surface area is 94.0 Å². The third-order valence-electron chi connectivity index (χ3n) is 2.59. The largest absolute Gasteiger partial charge is 0.351 e. The fourth-order valence-corrected chi connectivity index (χ4v) is 1.69. The zero-order chi connectivity index (χ0) is 11.5. The first kappa shape index (κ1) is 14.3. The maximum atomic E-state index is 11.0. The summed E-state index contributed by atoms with van der Waals surface area (Å²) in [7, 11) is 0. The summed E-state index contributed by atoms with van der Waals surface area (Å²) in [6, 6.07) is -0.273. The summed E-state index contributed by atoms with van der Waals surface area (Å²) in [5.41, 5.74) is 5.27. The smallest absolute Gasteiger partial charge is 0.314 e. The molecule has 0 aliphatic heterocycles. The molecule has 3 nitrogen and oxygen atoms in total. The zero-order valence-electron chi connectivity index (χ0n) is 10.3. The van der Waals surface area contributed by atoms with Crippen molar-refractivity contribution in [3.8, 4) is 0 Å². The summed E-state index contributed by atoms with van der Waals surface area (Å²) < 4.78 is 0. The normalized spacial score (nSPS) is 10.3. The molecule has 90 valence electrons. The van der Waals surface area contributed by atoms with Crippen molar-refractivity contribution in [2.45, 2.75) is 58.8 Å². The van der Waals surface area contributed by atoms with Gasteiger partial charge in [0.25, 0.3) is 0 Å². The molecule has 0 saturated carbocycles. The van der Waals surface area contributed by atoms with Crippen molar-refractivity contribution in [3.05, 3.63) is 0 Å². The van der Waals surface area contributed by atoms with Gasteiger partial charge in [0.1, 0.15) is 0 Å². The Morgan fingerprint density at radius 2 is 1.53 bits per heavy atom. The molecule has 0 aliphatic rings. The lowest BCUT2D eigenvalue weighted by Crippen LogP contribution is -2.36. The summed E-state index contributed by atoms with van der Waals surface area (Å²) >= 11 is 0. The van der Waals surface area contributed by atoms with Crippen LogP contribution in [0.4, 0.5) is 4.79 Å². The zero-order valence-corrected chi connectivity index (χ0v) is 10.3. The predicted octanol–water partition coefficient (Wildman–Crippen LogP) is 3.14. The van der Waals surface area contributed by atoms with E-state index in [2.05, 4.69) is 13.8 Å². The van der Waals surface area contributed by atoms with Gasteiger partial charge in [-0.1, -0.05) is 46.0 Å². The van der Waals surface area contributed by atoms with Gasteiger partial charge in [-0.15, -0.1) is 0 Å². The van der Waals surface area contributed by atoms with E-state index in [4.69, 9.17) is 5.73 Å². The maximum absolute atomic E-state index is 11.0. The van der Waals surface area contributed by atoms with Crippen LogP contribution in [0.2, 0.25) is 0 Å². The number of carbonyl (C=O) groups is 1. The third kappa shape index (κ3) is 8.28. The van der Waals surface area contributed by atoms with Crippen LogP contribution in [0.3, 0.4) is 0 Å². The number of primary amides is 1. The fraction of sp³-hybridized carbons (Fsp3) is 0.917. The predicted molar refractivity (Wildman–Crippen MR) is 64.8 cm³/mol. The number of amides is 2. The van der Waals surface area contributed by atoms with E-state index < -0.39 is 0 Å². The number of rotatable bonds is 9. The van der Waals surface area contributed by atoms with Gasteiger partial charge in [0.05, 0.1) is 0 Å². The Kier molecular flexibility index (Phi) is 9.33. The topological polar surface area (TPSA) is 46.3 Å². The lowest BCUT2D eigenvalue weighted by Gasteiger charge is -2.19. The average molecular weight is 214 g/mol. The average Bonchev–Trinajstić information content (AvgIpc) is 2.21. The fourth-order valence-electron chi connectivity index (χ4n) is 1.69. The van der Waals surface area contributed by atoms with Crippen molar-refractivity contribution in [2.75, 3.05) is 13.1 Å². The molecule has 0 spiro atoms. The van der Waals surface area contributed by atoms with E-state index >= 15 is 0 Å². The molecule has 0 heterocycles. The molecule has 3 heteroatoms. The molecule has 0 bridgehead atoms. The molecule has 2 N–H and O–H groups in total. The second kappa shape index (κ2) is 9.81. The summed E-state index contributed by atoms with van der Waals surface area (Å²) in [5.74, 6) is 0. The molecule has 0 unspecified atom stereocenters. The van der Waals surface area contributed by atoms with Gasteiger partial charge in [0.15, 0.2) is 0 Å². The quantitative estimate of drug-likeness (QED) is 0.589. The lowest BCUT2D eigenvalue weighted by molar-refractivity contribution is 0.206. The Bertz CT molecular complexity index is 160. The molecule has 2 amide bonds. The first-order valence-electron chi connectivity index (χ1n) is 6.26. The van der Waals surface area contributed by atoms with E-state index in [1.54, 1.807) is 4.90 Å². The van der Waals surface area contributed by atoms with Crippen LogP contribution in [-0.2, 0) is 0 Å². The second-order valence-electron chi connectivity index (χ2n) is 4.09. The van der Waals surface area contributed by atoms with Gasteiger partial charge in [0.2, 0.25) is 0 Å². The van der Waals surface area contributed by atoms with E-state index in [1.165, 1.54) is 32.1 Å². The van der Waals surface area contributed by atoms with Crippen molar-refractivity contribution >= 4 is 6.03 Å². The summed E-state index contributed by atoms with van der Waals surface area (Å²) in [4.78, 5) is 12.8. The van der Waals surface area contributed by atoms with Crippen LogP contribution in [0, 0.1) is 0 Å². The number of hydrogen-bond donors (Lipinski definition) is 1. The monoisotopic (exact) mass is 214 g/mol. The van der Waals surface area contributed by atoms with Crippen LogP contribution < -0.4 is 5.73 Å². The number of urea groups is 1. The van der Waals surface area contributed by atoms with Crippen LogP contribution in [0.1, 0.15) is 58.8 Å². The molecule has 0 aromatic heterocycles. The number of hydrogen-bond acceptors (Lipinski definition) is 1. The van der Waals surface area contributed by atoms with Gasteiger partial charge in [-0.2, -0.15) is 0 Å². The molecule has 0 rings (SSSR count). The van der Waals surface area contributed by atoms with E-state index in [-0.39, 0.29) is 6.03 Å². The highest BCUT2D eigenvalue weighted by atomic mass is 16.2. The van der Waals surface area contributed by atoms with Gasteiger partial charge in [0, 0.05) is 13.1 Å². The van der Waals surface area contributed by atoms with Gasteiger partial charge >= 0.3 is 6.03 Å². The van der Waals surface area contributed by atoms with Crippen LogP contribution in [-0.4, -0.2) is 24.0 Å². The van der Waals surface area contributed by atoms with Gasteiger partial charge in [-0.25, -0.2) is 4.79 Å². The number of carbonyl (C=O) groups excluding carboxylic acids is 1. The van der Waals surface area contributed by atoms with Crippen molar-refractivity contribution in [1.29, 1.82) is 0 Å². The van der Waals surface area contributed by atoms with Gasteiger partial charge in [-0.05, 0) is 12.8 Å². The number of nitrogens with two attached hydrogens (primary N) is 1. The van der Waals surface area contributed by atoms with Crippen molar-refractivity contribution < 1.29 is 4.79 Å². The van der Waals surface area contributed by atoms with Crippen molar-refractivity contribution in [3.63, 3.8) is 0 Å². The Balaban J connectivity index is 3.41. The molecular weight excluding hydrogens is 188 g/mol. The van der Waals surface area contributed by atoms with Crippen molar-refractivity contribution in [2.24, 2.45) is 5.73 Å². The van der Waals surface area contributed by atoms with Crippen LogP contribution in [0.5, 0.6) is 0 Å². The maximum Gasteiger partial charge on any atom is 0.314 e. The Morgan fingerprint density at radius 1 is 0.933 bits per heavy atom.